The summed E-state index contributed by atoms with van der Waals surface area (Å²) in [5, 5.41) is 16.8. The van der Waals surface area contributed by atoms with Gasteiger partial charge < -0.3 is 15.1 Å². The Bertz CT molecular complexity index is 251. The maximum atomic E-state index is 10.2. The van der Waals surface area contributed by atoms with Crippen LogP contribution in [0.2, 0.25) is 0 Å². The van der Waals surface area contributed by atoms with Crippen LogP contribution < -0.4 is 0 Å². The number of aliphatic carboxylic acids is 2. The van der Waals surface area contributed by atoms with Gasteiger partial charge in [0, 0.05) is 12.8 Å². The van der Waals surface area contributed by atoms with Gasteiger partial charge in [0.15, 0.2) is 0 Å². The standard InChI is InChI=1S/C12H22O4.C6H15N/c13-11(14)9-7-5-3-1-2-4-6-8-10-12(15)16;1-4-7(5-2)6-3/h1-10H2,(H,13,14)(H,15,16);4-6H2,1-3H3. The average molecular weight is 331 g/mol. The number of unbranched alkanes of at least 4 members (excludes halogenated alkanes) is 7. The van der Waals surface area contributed by atoms with Crippen LogP contribution in [0, 0.1) is 0 Å². The molecule has 0 heterocycles. The van der Waals surface area contributed by atoms with E-state index in [1.54, 1.807) is 0 Å². The molecule has 0 rings (SSSR count). The van der Waals surface area contributed by atoms with Crippen LogP contribution in [-0.4, -0.2) is 46.7 Å². The predicted octanol–water partition coefficient (Wildman–Crippen LogP) is 4.40. The maximum Gasteiger partial charge on any atom is 0.303 e. The van der Waals surface area contributed by atoms with Crippen molar-refractivity contribution in [2.75, 3.05) is 19.6 Å². The quantitative estimate of drug-likeness (QED) is 0.461. The minimum atomic E-state index is -0.714. The van der Waals surface area contributed by atoms with Crippen molar-refractivity contribution in [2.24, 2.45) is 0 Å². The SMILES string of the molecule is CCN(CC)CC.O=C(O)CCCCCCCCCCC(=O)O. The average Bonchev–Trinajstić information content (AvgIpc) is 2.51. The van der Waals surface area contributed by atoms with Crippen LogP contribution in [0.25, 0.3) is 0 Å². The van der Waals surface area contributed by atoms with Crippen LogP contribution in [0.4, 0.5) is 0 Å². The Labute approximate surface area is 142 Å². The predicted molar refractivity (Wildman–Crippen MR) is 94.9 cm³/mol. The lowest BCUT2D eigenvalue weighted by molar-refractivity contribution is -0.138. The van der Waals surface area contributed by atoms with Gasteiger partial charge in [0.05, 0.1) is 0 Å². The van der Waals surface area contributed by atoms with Crippen LogP contribution in [0.5, 0.6) is 0 Å². The number of carboxylic acid groups (broad SMARTS) is 2. The second-order valence-electron chi connectivity index (χ2n) is 5.74. The van der Waals surface area contributed by atoms with Crippen molar-refractivity contribution in [3.05, 3.63) is 0 Å². The molecule has 5 nitrogen and oxygen atoms in total. The highest BCUT2D eigenvalue weighted by atomic mass is 16.4. The number of carbonyl (C=O) groups is 2. The number of nitrogens with zero attached hydrogens (tertiary/aromatic N) is 1. The van der Waals surface area contributed by atoms with Crippen LogP contribution in [-0.2, 0) is 9.59 Å². The molecule has 2 N–H and O–H groups in total. The molecule has 0 unspecified atom stereocenters. The van der Waals surface area contributed by atoms with E-state index in [4.69, 9.17) is 10.2 Å². The van der Waals surface area contributed by atoms with Gasteiger partial charge in [-0.1, -0.05) is 59.3 Å². The molecule has 0 bridgehead atoms. The van der Waals surface area contributed by atoms with Crippen molar-refractivity contribution in [1.29, 1.82) is 0 Å². The molecule has 0 amide bonds. The molecule has 5 heteroatoms. The minimum Gasteiger partial charge on any atom is -0.481 e. The molecule has 0 aromatic rings. The van der Waals surface area contributed by atoms with E-state index in [1.165, 1.54) is 19.6 Å². The molecule has 0 aliphatic heterocycles. The summed E-state index contributed by atoms with van der Waals surface area (Å²) in [6, 6.07) is 0. The Balaban J connectivity index is 0. The van der Waals surface area contributed by atoms with E-state index in [9.17, 15) is 9.59 Å². The summed E-state index contributed by atoms with van der Waals surface area (Å²) in [5.74, 6) is -1.43. The summed E-state index contributed by atoms with van der Waals surface area (Å²) in [6.07, 6.45) is 8.51. The van der Waals surface area contributed by atoms with Crippen LogP contribution in [0.15, 0.2) is 0 Å². The smallest absolute Gasteiger partial charge is 0.303 e. The molecule has 0 aromatic carbocycles. The minimum absolute atomic E-state index is 0.276. The molecule has 0 atom stereocenters. The highest BCUT2D eigenvalue weighted by molar-refractivity contribution is 5.66. The van der Waals surface area contributed by atoms with E-state index >= 15 is 0 Å². The molecule has 0 aliphatic carbocycles. The lowest BCUT2D eigenvalue weighted by atomic mass is 10.1. The fourth-order valence-corrected chi connectivity index (χ4v) is 2.28. The zero-order chi connectivity index (χ0) is 17.9. The molecular weight excluding hydrogens is 294 g/mol. The van der Waals surface area contributed by atoms with Gasteiger partial charge in [-0.2, -0.15) is 0 Å². The molecular formula is C18H37NO4. The monoisotopic (exact) mass is 331 g/mol. The third-order valence-electron chi connectivity index (χ3n) is 3.87. The van der Waals surface area contributed by atoms with E-state index < -0.39 is 11.9 Å². The zero-order valence-corrected chi connectivity index (χ0v) is 15.4. The number of rotatable bonds is 14. The summed E-state index contributed by atoms with van der Waals surface area (Å²) < 4.78 is 0. The first kappa shape index (κ1) is 24.2. The Morgan fingerprint density at radius 2 is 0.870 bits per heavy atom. The maximum absolute atomic E-state index is 10.2. The fraction of sp³-hybridized carbons (Fsp3) is 0.889. The van der Waals surface area contributed by atoms with E-state index in [2.05, 4.69) is 25.7 Å². The molecule has 0 spiro atoms. The second kappa shape index (κ2) is 18.9. The summed E-state index contributed by atoms with van der Waals surface area (Å²) in [5.41, 5.74) is 0. The first-order chi connectivity index (χ1) is 11.0. The van der Waals surface area contributed by atoms with Gasteiger partial charge in [-0.05, 0) is 32.5 Å². The molecule has 0 aliphatic rings. The van der Waals surface area contributed by atoms with Gasteiger partial charge in [-0.15, -0.1) is 0 Å². The molecule has 0 saturated carbocycles. The summed E-state index contributed by atoms with van der Waals surface area (Å²) in [6.45, 7) is 10.1. The molecule has 0 radical (unpaired) electrons. The van der Waals surface area contributed by atoms with Crippen molar-refractivity contribution < 1.29 is 19.8 Å². The number of carboxylic acids is 2. The van der Waals surface area contributed by atoms with Crippen molar-refractivity contribution in [2.45, 2.75) is 85.0 Å². The lowest BCUT2D eigenvalue weighted by Crippen LogP contribution is -2.21. The largest absolute Gasteiger partial charge is 0.481 e. The molecule has 138 valence electrons. The van der Waals surface area contributed by atoms with Crippen LogP contribution in [0.3, 0.4) is 0 Å². The first-order valence-corrected chi connectivity index (χ1v) is 9.13. The number of hydrogen-bond donors (Lipinski definition) is 2. The van der Waals surface area contributed by atoms with Gasteiger partial charge in [0.1, 0.15) is 0 Å². The van der Waals surface area contributed by atoms with E-state index in [0.29, 0.717) is 0 Å². The zero-order valence-electron chi connectivity index (χ0n) is 15.4. The van der Waals surface area contributed by atoms with Crippen LogP contribution >= 0.6 is 0 Å². The van der Waals surface area contributed by atoms with Gasteiger partial charge in [0.2, 0.25) is 0 Å². The summed E-state index contributed by atoms with van der Waals surface area (Å²) in [7, 11) is 0. The van der Waals surface area contributed by atoms with Crippen molar-refractivity contribution in [3.63, 3.8) is 0 Å². The molecule has 0 fully saturated rings. The van der Waals surface area contributed by atoms with Gasteiger partial charge in [-0.25, -0.2) is 0 Å². The summed E-state index contributed by atoms with van der Waals surface area (Å²) in [4.78, 5) is 22.8. The van der Waals surface area contributed by atoms with Gasteiger partial charge in [0.25, 0.3) is 0 Å². The second-order valence-corrected chi connectivity index (χ2v) is 5.74. The molecule has 0 saturated heterocycles. The Morgan fingerprint density at radius 3 is 1.04 bits per heavy atom. The van der Waals surface area contributed by atoms with E-state index in [-0.39, 0.29) is 12.8 Å². The summed E-state index contributed by atoms with van der Waals surface area (Å²) >= 11 is 0. The Kier molecular flexibility index (Phi) is 19.9. The highest BCUT2D eigenvalue weighted by Crippen LogP contribution is 2.10. The van der Waals surface area contributed by atoms with Crippen LogP contribution in [0.1, 0.15) is 85.0 Å². The highest BCUT2D eigenvalue weighted by Gasteiger charge is 1.98. The van der Waals surface area contributed by atoms with Crippen molar-refractivity contribution in [3.8, 4) is 0 Å². The van der Waals surface area contributed by atoms with Gasteiger partial charge >= 0.3 is 11.9 Å². The van der Waals surface area contributed by atoms with Crippen molar-refractivity contribution >= 4 is 11.9 Å². The first-order valence-electron chi connectivity index (χ1n) is 9.13. The number of hydrogen-bond acceptors (Lipinski definition) is 3. The third kappa shape index (κ3) is 23.3. The Morgan fingerprint density at radius 1 is 0.609 bits per heavy atom. The normalized spacial score (nSPS) is 10.3. The molecule has 0 aromatic heterocycles. The van der Waals surface area contributed by atoms with E-state index in [0.717, 1.165) is 51.4 Å². The Hall–Kier alpha value is -1.10. The lowest BCUT2D eigenvalue weighted by Gasteiger charge is -2.13. The molecule has 23 heavy (non-hydrogen) atoms. The topological polar surface area (TPSA) is 77.8 Å². The van der Waals surface area contributed by atoms with Gasteiger partial charge in [-0.3, -0.25) is 9.59 Å². The van der Waals surface area contributed by atoms with E-state index in [1.807, 2.05) is 0 Å². The third-order valence-corrected chi connectivity index (χ3v) is 3.87. The van der Waals surface area contributed by atoms with Crippen molar-refractivity contribution in [1.82, 2.24) is 4.90 Å². The fourth-order valence-electron chi connectivity index (χ4n) is 2.28.